The molecule has 0 spiro atoms. The second-order valence-corrected chi connectivity index (χ2v) is 10.4. The van der Waals surface area contributed by atoms with Crippen molar-refractivity contribution in [2.75, 3.05) is 0 Å². The predicted octanol–water partition coefficient (Wildman–Crippen LogP) is 6.17. The Morgan fingerprint density at radius 1 is 1.08 bits per heavy atom. The lowest BCUT2D eigenvalue weighted by molar-refractivity contribution is -0.0313. The summed E-state index contributed by atoms with van der Waals surface area (Å²) in [6, 6.07) is 0. The molecule has 2 nitrogen and oxygen atoms in total. The van der Waals surface area contributed by atoms with Crippen LogP contribution in [-0.2, 0) is 7.05 Å². The van der Waals surface area contributed by atoms with Crippen LogP contribution in [0.1, 0.15) is 89.1 Å². The van der Waals surface area contributed by atoms with Crippen LogP contribution >= 0.6 is 0 Å². The van der Waals surface area contributed by atoms with E-state index in [9.17, 15) is 0 Å². The summed E-state index contributed by atoms with van der Waals surface area (Å²) in [5, 5.41) is 0. The molecule has 0 bridgehead atoms. The number of hydrogen-bond donors (Lipinski definition) is 0. The third-order valence-corrected chi connectivity index (χ3v) is 9.63. The lowest BCUT2D eigenvalue weighted by Crippen LogP contribution is -2.49. The molecule has 142 valence electrons. The first-order chi connectivity index (χ1) is 12.4. The Hall–Kier alpha value is -1.05. The molecule has 6 atom stereocenters. The maximum absolute atomic E-state index is 4.63. The quantitative estimate of drug-likeness (QED) is 0.553. The minimum Gasteiger partial charge on any atom is -0.335 e. The summed E-state index contributed by atoms with van der Waals surface area (Å²) in [6.45, 7) is 7.41. The van der Waals surface area contributed by atoms with E-state index in [1.165, 1.54) is 69.3 Å². The van der Waals surface area contributed by atoms with Crippen molar-refractivity contribution in [3.05, 3.63) is 29.4 Å². The van der Waals surface area contributed by atoms with Gasteiger partial charge in [0.15, 0.2) is 0 Å². The largest absolute Gasteiger partial charge is 0.335 e. The van der Waals surface area contributed by atoms with Gasteiger partial charge in [0, 0.05) is 24.9 Å². The number of imidazole rings is 1. The zero-order valence-corrected chi connectivity index (χ0v) is 17.2. The first kappa shape index (κ1) is 17.1. The zero-order valence-electron chi connectivity index (χ0n) is 17.2. The summed E-state index contributed by atoms with van der Waals surface area (Å²) in [5.41, 5.74) is 4.36. The topological polar surface area (TPSA) is 17.8 Å². The van der Waals surface area contributed by atoms with Gasteiger partial charge in [0.1, 0.15) is 5.82 Å². The van der Waals surface area contributed by atoms with Gasteiger partial charge in [0.25, 0.3) is 0 Å². The molecule has 2 heteroatoms. The summed E-state index contributed by atoms with van der Waals surface area (Å²) in [6.07, 6.45) is 17.7. The minimum absolute atomic E-state index is 0.484. The summed E-state index contributed by atoms with van der Waals surface area (Å²) in [7, 11) is 2.22. The molecule has 0 saturated heterocycles. The normalized spacial score (nSPS) is 44.8. The fraction of sp³-hybridized carbons (Fsp3) is 0.792. The monoisotopic (exact) mass is 352 g/mol. The Kier molecular flexibility index (Phi) is 3.76. The van der Waals surface area contributed by atoms with Crippen LogP contribution in [0.2, 0.25) is 0 Å². The summed E-state index contributed by atoms with van der Waals surface area (Å²) >= 11 is 0. The van der Waals surface area contributed by atoms with Crippen molar-refractivity contribution in [1.29, 1.82) is 0 Å². The maximum Gasteiger partial charge on any atom is 0.105 e. The summed E-state index contributed by atoms with van der Waals surface area (Å²) in [5.74, 6) is 4.68. The highest BCUT2D eigenvalue weighted by Crippen LogP contribution is 2.67. The number of aryl methyl sites for hydroxylation is 1. The predicted molar refractivity (Wildman–Crippen MR) is 107 cm³/mol. The van der Waals surface area contributed by atoms with Gasteiger partial charge < -0.3 is 4.57 Å². The van der Waals surface area contributed by atoms with Crippen LogP contribution in [0.15, 0.2) is 17.8 Å². The maximum atomic E-state index is 4.63. The first-order valence-electron chi connectivity index (χ1n) is 11.1. The van der Waals surface area contributed by atoms with Gasteiger partial charge in [-0.2, -0.15) is 0 Å². The van der Waals surface area contributed by atoms with E-state index < -0.39 is 0 Å². The van der Waals surface area contributed by atoms with E-state index in [2.05, 4.69) is 49.6 Å². The Morgan fingerprint density at radius 2 is 1.92 bits per heavy atom. The number of nitrogens with zero attached hydrogens (tertiary/aromatic N) is 2. The van der Waals surface area contributed by atoms with Crippen molar-refractivity contribution in [3.63, 3.8) is 0 Å². The highest BCUT2D eigenvalue weighted by Gasteiger charge is 2.58. The molecule has 26 heavy (non-hydrogen) atoms. The SMILES string of the molecule is Cc1ncc([C@H]2CC[C@H]3[C@@H]4CC=C5CCCC[C@]5(C)[C@H]4CC[C@]23C)n1C. The van der Waals surface area contributed by atoms with Gasteiger partial charge in [-0.05, 0) is 86.9 Å². The number of hydrogen-bond acceptors (Lipinski definition) is 1. The van der Waals surface area contributed by atoms with Crippen LogP contribution in [0.3, 0.4) is 0 Å². The average Bonchev–Trinajstić information content (AvgIpc) is 3.14. The standard InChI is InChI=1S/C24H36N2/c1-16-25-15-22(26(16)4)21-11-10-19-18-9-8-17-7-5-6-13-23(17,2)20(18)12-14-24(19,21)3/h8,15,18-21H,5-7,9-14H2,1-4H3/t18-,19-,20-,21+,23-,24-/m0/s1. The van der Waals surface area contributed by atoms with Gasteiger partial charge in [0.2, 0.25) is 0 Å². The lowest BCUT2D eigenvalue weighted by atomic mass is 9.47. The fourth-order valence-corrected chi connectivity index (χ4v) is 8.03. The molecule has 4 aliphatic carbocycles. The molecular formula is C24H36N2. The van der Waals surface area contributed by atoms with Crippen molar-refractivity contribution in [3.8, 4) is 0 Å². The number of rotatable bonds is 1. The molecule has 1 heterocycles. The van der Waals surface area contributed by atoms with Crippen molar-refractivity contribution >= 4 is 0 Å². The summed E-state index contributed by atoms with van der Waals surface area (Å²) in [4.78, 5) is 4.63. The minimum atomic E-state index is 0.484. The Labute approximate surface area is 159 Å². The van der Waals surface area contributed by atoms with Gasteiger partial charge in [-0.15, -0.1) is 0 Å². The molecule has 0 aliphatic heterocycles. The Bertz CT molecular complexity index is 743. The van der Waals surface area contributed by atoms with Crippen molar-refractivity contribution in [1.82, 2.24) is 9.55 Å². The Balaban J connectivity index is 1.49. The van der Waals surface area contributed by atoms with Crippen molar-refractivity contribution < 1.29 is 0 Å². The summed E-state index contributed by atoms with van der Waals surface area (Å²) < 4.78 is 2.37. The van der Waals surface area contributed by atoms with Crippen LogP contribution in [0.4, 0.5) is 0 Å². The van der Waals surface area contributed by atoms with Crippen molar-refractivity contribution in [2.24, 2.45) is 35.6 Å². The molecule has 5 rings (SSSR count). The highest BCUT2D eigenvalue weighted by molar-refractivity contribution is 5.26. The molecule has 0 amide bonds. The molecule has 0 radical (unpaired) electrons. The van der Waals surface area contributed by atoms with E-state index in [-0.39, 0.29) is 0 Å². The van der Waals surface area contributed by atoms with E-state index in [1.807, 2.05) is 5.57 Å². The van der Waals surface area contributed by atoms with E-state index in [0.717, 1.165) is 17.8 Å². The average molecular weight is 353 g/mol. The molecule has 1 aromatic heterocycles. The smallest absolute Gasteiger partial charge is 0.105 e. The fourth-order valence-electron chi connectivity index (χ4n) is 8.03. The van der Waals surface area contributed by atoms with Gasteiger partial charge in [-0.1, -0.05) is 31.9 Å². The first-order valence-corrected chi connectivity index (χ1v) is 11.1. The van der Waals surface area contributed by atoms with E-state index >= 15 is 0 Å². The van der Waals surface area contributed by atoms with Crippen LogP contribution in [0.25, 0.3) is 0 Å². The number of allylic oxidation sites excluding steroid dienone is 2. The zero-order chi connectivity index (χ0) is 18.1. The van der Waals surface area contributed by atoms with Gasteiger partial charge in [0.05, 0.1) is 0 Å². The third-order valence-electron chi connectivity index (χ3n) is 9.63. The molecular weight excluding hydrogens is 316 g/mol. The van der Waals surface area contributed by atoms with Gasteiger partial charge in [-0.3, -0.25) is 0 Å². The molecule has 0 N–H and O–H groups in total. The van der Waals surface area contributed by atoms with Crippen molar-refractivity contribution in [2.45, 2.75) is 84.5 Å². The van der Waals surface area contributed by atoms with Crippen LogP contribution in [0.5, 0.6) is 0 Å². The highest BCUT2D eigenvalue weighted by atomic mass is 15.1. The molecule has 0 unspecified atom stereocenters. The lowest BCUT2D eigenvalue weighted by Gasteiger charge is -2.57. The van der Waals surface area contributed by atoms with Gasteiger partial charge >= 0.3 is 0 Å². The van der Waals surface area contributed by atoms with E-state index in [0.29, 0.717) is 16.7 Å². The Morgan fingerprint density at radius 3 is 2.69 bits per heavy atom. The van der Waals surface area contributed by atoms with Crippen LogP contribution in [0, 0.1) is 35.5 Å². The van der Waals surface area contributed by atoms with Gasteiger partial charge in [-0.25, -0.2) is 4.98 Å². The van der Waals surface area contributed by atoms with Crippen LogP contribution in [-0.4, -0.2) is 9.55 Å². The van der Waals surface area contributed by atoms with Crippen LogP contribution < -0.4 is 0 Å². The second-order valence-electron chi connectivity index (χ2n) is 10.4. The van der Waals surface area contributed by atoms with E-state index in [1.54, 1.807) is 0 Å². The number of aromatic nitrogens is 2. The molecule has 3 fully saturated rings. The number of fused-ring (bicyclic) bond motifs is 5. The molecule has 1 aromatic rings. The molecule has 0 aromatic carbocycles. The second kappa shape index (κ2) is 5.72. The molecule has 4 aliphatic rings. The third kappa shape index (κ3) is 2.14. The van der Waals surface area contributed by atoms with E-state index in [4.69, 9.17) is 0 Å². The molecule has 3 saturated carbocycles.